The molecule has 0 saturated carbocycles. The number of phosphoric ester groups is 1. The summed E-state index contributed by atoms with van der Waals surface area (Å²) < 4.78 is 33.0. The van der Waals surface area contributed by atoms with Crippen molar-refractivity contribution in [1.29, 1.82) is 0 Å². The van der Waals surface area contributed by atoms with Gasteiger partial charge in [0.15, 0.2) is 6.10 Å². The van der Waals surface area contributed by atoms with E-state index in [0.29, 0.717) is 6.42 Å². The molecular formula is C69H116NO8P. The van der Waals surface area contributed by atoms with E-state index in [1.165, 1.54) is 109 Å². The Morgan fingerprint density at radius 3 is 1.04 bits per heavy atom. The molecule has 0 radical (unpaired) electrons. The van der Waals surface area contributed by atoms with Crippen molar-refractivity contribution in [2.75, 3.05) is 26.4 Å². The third-order valence-electron chi connectivity index (χ3n) is 13.0. The third kappa shape index (κ3) is 63.2. The van der Waals surface area contributed by atoms with Crippen molar-refractivity contribution in [3.8, 4) is 0 Å². The largest absolute Gasteiger partial charge is 0.472 e. The normalized spacial score (nSPS) is 13.9. The lowest BCUT2D eigenvalue weighted by molar-refractivity contribution is -0.161. The number of carbonyl (C=O) groups is 2. The number of ether oxygens (including phenoxy) is 2. The van der Waals surface area contributed by atoms with Crippen LogP contribution in [0.4, 0.5) is 0 Å². The molecule has 0 spiro atoms. The highest BCUT2D eigenvalue weighted by molar-refractivity contribution is 7.47. The van der Waals surface area contributed by atoms with Gasteiger partial charge in [0.1, 0.15) is 6.61 Å². The van der Waals surface area contributed by atoms with Gasteiger partial charge in [-0.3, -0.25) is 18.6 Å². The smallest absolute Gasteiger partial charge is 0.462 e. The number of nitrogens with two attached hydrogens (primary N) is 1. The van der Waals surface area contributed by atoms with Crippen molar-refractivity contribution in [2.45, 2.75) is 264 Å². The lowest BCUT2D eigenvalue weighted by atomic mass is 10.0. The summed E-state index contributed by atoms with van der Waals surface area (Å²) in [4.78, 5) is 35.2. The van der Waals surface area contributed by atoms with Crippen molar-refractivity contribution in [1.82, 2.24) is 0 Å². The van der Waals surface area contributed by atoms with E-state index in [9.17, 15) is 19.0 Å². The molecule has 0 amide bonds. The van der Waals surface area contributed by atoms with Gasteiger partial charge in [-0.15, -0.1) is 0 Å². The van der Waals surface area contributed by atoms with Crippen LogP contribution in [0.5, 0.6) is 0 Å². The molecule has 10 heteroatoms. The topological polar surface area (TPSA) is 134 Å². The molecule has 9 nitrogen and oxygen atoms in total. The Hall–Kier alpha value is -3.85. The monoisotopic (exact) mass is 1120 g/mol. The van der Waals surface area contributed by atoms with Crippen LogP contribution in [0.1, 0.15) is 258 Å². The maximum Gasteiger partial charge on any atom is 0.472 e. The van der Waals surface area contributed by atoms with Gasteiger partial charge in [0, 0.05) is 19.4 Å². The first-order valence-electron chi connectivity index (χ1n) is 31.7. The van der Waals surface area contributed by atoms with E-state index in [1.807, 2.05) is 0 Å². The Bertz CT molecular complexity index is 1750. The number of unbranched alkanes of at least 4 members (excludes halogenated alkanes) is 23. The molecular weight excluding hydrogens is 1000 g/mol. The van der Waals surface area contributed by atoms with Crippen LogP contribution >= 0.6 is 7.82 Å². The zero-order valence-corrected chi connectivity index (χ0v) is 51.2. The van der Waals surface area contributed by atoms with Crippen molar-refractivity contribution in [2.24, 2.45) is 5.73 Å². The zero-order valence-electron chi connectivity index (χ0n) is 50.3. The van der Waals surface area contributed by atoms with Gasteiger partial charge in [0.05, 0.1) is 13.2 Å². The molecule has 0 heterocycles. The summed E-state index contributed by atoms with van der Waals surface area (Å²) in [5, 5.41) is 0. The minimum atomic E-state index is -4.40. The van der Waals surface area contributed by atoms with Crippen molar-refractivity contribution in [3.05, 3.63) is 134 Å². The second kappa shape index (κ2) is 63.3. The highest BCUT2D eigenvalue weighted by Gasteiger charge is 2.26. The molecule has 450 valence electrons. The molecule has 0 aromatic rings. The fourth-order valence-electron chi connectivity index (χ4n) is 8.36. The van der Waals surface area contributed by atoms with Gasteiger partial charge in [0.25, 0.3) is 0 Å². The fraction of sp³-hybridized carbons (Fsp3) is 0.652. The van der Waals surface area contributed by atoms with Gasteiger partial charge in [-0.1, -0.05) is 263 Å². The van der Waals surface area contributed by atoms with Crippen molar-refractivity contribution >= 4 is 19.8 Å². The predicted molar refractivity (Wildman–Crippen MR) is 339 cm³/mol. The maximum atomic E-state index is 12.7. The molecule has 0 rings (SSSR count). The molecule has 0 aliphatic carbocycles. The van der Waals surface area contributed by atoms with Gasteiger partial charge in [-0.05, 0) is 116 Å². The molecule has 0 bridgehead atoms. The summed E-state index contributed by atoms with van der Waals surface area (Å²) in [5.74, 6) is -0.841. The number of esters is 2. The summed E-state index contributed by atoms with van der Waals surface area (Å²) >= 11 is 0. The molecule has 0 aliphatic heterocycles. The van der Waals surface area contributed by atoms with Crippen LogP contribution in [0.3, 0.4) is 0 Å². The lowest BCUT2D eigenvalue weighted by Crippen LogP contribution is -2.29. The van der Waals surface area contributed by atoms with Crippen molar-refractivity contribution < 1.29 is 37.6 Å². The first-order valence-corrected chi connectivity index (χ1v) is 33.2. The standard InChI is InChI=1S/C69H116NO8P/c1-3-5-7-9-11-13-15-17-19-21-22-23-24-25-26-27-28-29-30-31-32-33-34-35-36-37-38-39-40-41-42-43-44-46-48-50-52-54-56-58-60-62-69(72)78-67(66-77-79(73,74)76-64-63-70)65-75-68(71)61-59-57-55-53-51-49-47-45-20-18-16-14-12-10-8-6-4-2/h5,7,11-14,17-20,22-23,25-26,28-29,31-32,34-35,37-38,67H,3-4,6,8-10,15-16,21,24,27,30,33,36,39-66,70H2,1-2H3,(H,73,74)/b7-5-,13-11-,14-12-,19-17-,20-18-,23-22-,26-25-,29-28-,32-31-,35-34-,38-37-. The average Bonchev–Trinajstić information content (AvgIpc) is 3.44. The van der Waals surface area contributed by atoms with Crippen LogP contribution in [0, 0.1) is 0 Å². The van der Waals surface area contributed by atoms with Gasteiger partial charge < -0.3 is 20.1 Å². The molecule has 3 N–H and O–H groups in total. The van der Waals surface area contributed by atoms with Crippen molar-refractivity contribution in [3.63, 3.8) is 0 Å². The minimum absolute atomic E-state index is 0.0471. The van der Waals surface area contributed by atoms with Crippen LogP contribution in [0.25, 0.3) is 0 Å². The zero-order chi connectivity index (χ0) is 57.3. The minimum Gasteiger partial charge on any atom is -0.462 e. The number of hydrogen-bond donors (Lipinski definition) is 2. The SMILES string of the molecule is CC/C=C\C/C=C\C/C=C\C/C=C\C/C=C\C/C=C\C/C=C\C/C=C\C/C=C\CCCCCCCCCCCCCCCC(=O)OC(COC(=O)CCCCCCCCC/C=C\C/C=C\CCCCC)COP(=O)(O)OCCN. The second-order valence-electron chi connectivity index (χ2n) is 20.5. The number of rotatable bonds is 58. The first kappa shape index (κ1) is 75.2. The molecule has 0 fully saturated rings. The maximum absolute atomic E-state index is 12.7. The highest BCUT2D eigenvalue weighted by atomic mass is 31.2. The van der Waals surface area contributed by atoms with Gasteiger partial charge in [-0.2, -0.15) is 0 Å². The first-order chi connectivity index (χ1) is 38.8. The summed E-state index contributed by atoms with van der Waals surface area (Å²) in [5.41, 5.74) is 5.38. The predicted octanol–water partition coefficient (Wildman–Crippen LogP) is 20.5. The Kier molecular flexibility index (Phi) is 60.2. The Balaban J connectivity index is 3.92. The summed E-state index contributed by atoms with van der Waals surface area (Å²) in [6.45, 7) is 3.59. The van der Waals surface area contributed by atoms with E-state index >= 15 is 0 Å². The van der Waals surface area contributed by atoms with Crippen LogP contribution in [-0.4, -0.2) is 49.3 Å². The number of carbonyl (C=O) groups excluding carboxylic acids is 2. The average molecular weight is 1120 g/mol. The molecule has 79 heavy (non-hydrogen) atoms. The Labute approximate surface area is 484 Å². The Morgan fingerprint density at radius 2 is 0.696 bits per heavy atom. The molecule has 0 saturated heterocycles. The summed E-state index contributed by atoms with van der Waals surface area (Å²) in [7, 11) is -4.40. The van der Waals surface area contributed by atoms with E-state index in [4.69, 9.17) is 24.3 Å². The quantitative estimate of drug-likeness (QED) is 0.0264. The molecule has 0 aromatic heterocycles. The third-order valence-corrected chi connectivity index (χ3v) is 14.0. The van der Waals surface area contributed by atoms with E-state index < -0.39 is 32.5 Å². The van der Waals surface area contributed by atoms with Gasteiger partial charge in [-0.25, -0.2) is 4.57 Å². The number of hydrogen-bond acceptors (Lipinski definition) is 8. The van der Waals surface area contributed by atoms with E-state index in [1.54, 1.807) is 0 Å². The number of allylic oxidation sites excluding steroid dienone is 22. The van der Waals surface area contributed by atoms with Crippen LogP contribution in [0.2, 0.25) is 0 Å². The van der Waals surface area contributed by atoms with E-state index in [-0.39, 0.29) is 32.6 Å². The summed E-state index contributed by atoms with van der Waals surface area (Å²) in [6, 6.07) is 0. The summed E-state index contributed by atoms with van der Waals surface area (Å²) in [6.07, 6.45) is 89.5. The van der Waals surface area contributed by atoms with E-state index in [0.717, 1.165) is 116 Å². The van der Waals surface area contributed by atoms with Crippen LogP contribution in [0.15, 0.2) is 134 Å². The number of phosphoric acid groups is 1. The van der Waals surface area contributed by atoms with Crippen LogP contribution < -0.4 is 5.73 Å². The second-order valence-corrected chi connectivity index (χ2v) is 22.0. The van der Waals surface area contributed by atoms with E-state index in [2.05, 4.69) is 148 Å². The molecule has 0 aromatic carbocycles. The van der Waals surface area contributed by atoms with Gasteiger partial charge in [0.2, 0.25) is 0 Å². The molecule has 0 aliphatic rings. The fourth-order valence-corrected chi connectivity index (χ4v) is 9.13. The molecule has 2 atom stereocenters. The highest BCUT2D eigenvalue weighted by Crippen LogP contribution is 2.43. The lowest BCUT2D eigenvalue weighted by Gasteiger charge is -2.19. The van der Waals surface area contributed by atoms with Crippen LogP contribution in [-0.2, 0) is 32.7 Å². The van der Waals surface area contributed by atoms with Gasteiger partial charge >= 0.3 is 19.8 Å². The Morgan fingerprint density at radius 1 is 0.392 bits per heavy atom. The molecule has 2 unspecified atom stereocenters.